The zero-order chi connectivity index (χ0) is 97.5. The molecule has 6 rings (SSSR count). The van der Waals surface area contributed by atoms with E-state index in [1.165, 1.54) is 35.5 Å². The van der Waals surface area contributed by atoms with Crippen molar-refractivity contribution in [2.75, 3.05) is 13.2 Å². The molecule has 65 heteroatoms. The maximum atomic E-state index is 13.0. The molecule has 0 aliphatic heterocycles. The third kappa shape index (κ3) is 76.1. The molecule has 6 N–H and O–H groups in total. The fourth-order valence-electron chi connectivity index (χ4n) is 8.00. The topological polar surface area (TPSA) is 289 Å². The summed E-state index contributed by atoms with van der Waals surface area (Å²) < 4.78 is 15.4. The van der Waals surface area contributed by atoms with Crippen LogP contribution in [0.2, 0.25) is 0 Å². The molecule has 4 unspecified atom stereocenters. The number of ether oxygens (including phenoxy) is 3. The Kier molecular flexibility index (Phi) is 88.5. The normalized spacial score (nSPS) is 10.5. The molecule has 0 aliphatic carbocycles. The molecule has 0 heterocycles. The molecule has 0 saturated heterocycles. The summed E-state index contributed by atoms with van der Waals surface area (Å²) in [5.74, 6) is -2.79. The number of carbonyl (C=O) groups excluding carboxylic acids is 6. The lowest BCUT2D eigenvalue weighted by Crippen LogP contribution is -2.47. The number of aryl methyl sites for hydroxylation is 6. The highest BCUT2D eigenvalue weighted by Crippen LogP contribution is 2.24. The number of Topliss-reactive ketones (excluding diaryl/α,β-unsaturated/α-hetero) is 3. The van der Waals surface area contributed by atoms with Gasteiger partial charge in [-0.15, -0.1) is 0 Å². The van der Waals surface area contributed by atoms with E-state index in [4.69, 9.17) is 74.7 Å². The van der Waals surface area contributed by atoms with E-state index in [2.05, 4.69) is 10.1 Å². The predicted octanol–water partition coefficient (Wildman–Crippen LogP) is 9.96. The molecule has 0 aromatic heterocycles. The van der Waals surface area contributed by atoms with Gasteiger partial charge in [0.05, 0.1) is 18.8 Å². The monoisotopic (exact) mass is 2670 g/mol. The highest BCUT2D eigenvalue weighted by Gasteiger charge is 2.31. The molecule has 2 amide bonds. The van der Waals surface area contributed by atoms with E-state index in [0.717, 1.165) is 33.4 Å². The molecule has 0 fully saturated rings. The van der Waals surface area contributed by atoms with Crippen molar-refractivity contribution in [3.05, 3.63) is 219 Å². The number of nitrogens with zero attached hydrogens (tertiary/aromatic N) is 2. The van der Waals surface area contributed by atoms with E-state index >= 15 is 0 Å². The summed E-state index contributed by atoms with van der Waals surface area (Å²) in [5, 5.41) is 41.0. The second-order valence-corrected chi connectivity index (χ2v) is 101. The molecule has 6 aromatic rings. The molecule has 0 radical (unpaired) electrons. The van der Waals surface area contributed by atoms with Crippen LogP contribution in [0.5, 0.6) is 0 Å². The summed E-state index contributed by atoms with van der Waals surface area (Å²) in [6, 6.07) is 48.4. The first kappa shape index (κ1) is 131. The maximum Gasteiger partial charge on any atom is 0.408 e. The van der Waals surface area contributed by atoms with Gasteiger partial charge < -0.3 is 50.8 Å². The summed E-state index contributed by atoms with van der Waals surface area (Å²) in [4.78, 5) is 86.4. The van der Waals surface area contributed by atoms with Crippen LogP contribution in [-0.4, -0.2) is 109 Å². The zero-order valence-corrected chi connectivity index (χ0v) is 107. The minimum absolute atomic E-state index is 0.126. The number of hydrogen-bond donors (Lipinski definition) is 6. The molecular weight excluding hydrogens is 2590 g/mol. The standard InChI is InChI=1S/C25H31NO6.C17H16N2O.C17H18O2.C8H15NO5.S28.S19/c1-17-10-13-19(14-11-17)22(21(28)15-12-18-8-6-5-7-9-18)31-23(29)20(16-27)26-24(30)32-25(2,3)4;1-13-7-10-15(11-8-13)17(19-18)16(20)12-9-14-5-3-2-4-6-14;1-13-7-10-15(11-8-13)17(19)16(18)12-9-14-5-3-2-4-6-14;1-8(2,3)14-7(13)9-5(4-10)6(11)12;1-3-5-7-9-11-13-15-17-19-21-23-25-27-28-26-24-22-20-18-16-14-12-10-8-6-4-2;1-3-5-7-9-11-13-15-17-19-18-16-14-12-10-8-6-4-2/h5-11,13-14,20,22,27H,12,15-16H2,1-4H3,(H,26,30);2-8,10-11H,9,12H2,1H3;2-8,10-11,17,19H,9,12H2,1H3;5,10H,4H2,1-3H3,(H,9,13)(H,11,12);;. The van der Waals surface area contributed by atoms with Crippen molar-refractivity contribution in [1.29, 1.82) is 0 Å². The van der Waals surface area contributed by atoms with Gasteiger partial charge in [-0.25, -0.2) is 19.2 Å². The summed E-state index contributed by atoms with van der Waals surface area (Å²) in [5.41, 5.74) is 16.0. The van der Waals surface area contributed by atoms with Crippen LogP contribution in [0.4, 0.5) is 9.59 Å². The molecule has 4 atom stereocenters. The number of nitrogens with one attached hydrogen (secondary N) is 2. The molecule has 6 aromatic carbocycles. The van der Waals surface area contributed by atoms with Crippen LogP contribution in [-0.2, 0) is 484 Å². The molecule has 734 valence electrons. The Hall–Kier alpha value is 1.41. The van der Waals surface area contributed by atoms with Gasteiger partial charge in [-0.1, -0.05) is 168 Å². The lowest BCUT2D eigenvalue weighted by molar-refractivity contribution is -0.158. The number of ketones is 3. The Balaban J connectivity index is 0.000000808. The number of aliphatic hydroxyl groups excluding tert-OH is 3. The molecule has 0 saturated carbocycles. The van der Waals surface area contributed by atoms with Gasteiger partial charge in [-0.3, -0.25) is 14.4 Å². The fourth-order valence-corrected chi connectivity index (χ4v) is 115. The number of hydrogen-bond acceptors (Lipinski definition) is 17. The van der Waals surface area contributed by atoms with Crippen LogP contribution in [0.25, 0.3) is 5.53 Å². The molecule has 0 spiro atoms. The van der Waals surface area contributed by atoms with Crippen LogP contribution in [0.1, 0.15) is 123 Å². The average molecular weight is 2670 g/mol. The highest BCUT2D eigenvalue weighted by atomic mass is 33.5. The predicted molar refractivity (Wildman–Crippen MR) is 669 cm³/mol. The third-order valence-corrected chi connectivity index (χ3v) is 104. The first-order valence-electron chi connectivity index (χ1n) is 35.2. The Morgan fingerprint density at radius 2 is 0.621 bits per heavy atom. The maximum absolute atomic E-state index is 13.0. The van der Waals surface area contributed by atoms with Gasteiger partial charge in [0.25, 0.3) is 0 Å². The van der Waals surface area contributed by atoms with Gasteiger partial charge in [0.2, 0.25) is 5.78 Å². The number of carbonyl (C=O) groups is 7. The number of aliphatic carboxylic acids is 1. The second kappa shape index (κ2) is 88.9. The Bertz CT molecular complexity index is 6890. The van der Waals surface area contributed by atoms with E-state index in [1.807, 2.05) is 242 Å². The second-order valence-electron chi connectivity index (χ2n) is 24.7. The Morgan fingerprint density at radius 3 is 0.886 bits per heavy atom. The first-order valence-corrected chi connectivity index (χ1v) is 95.2. The largest absolute Gasteiger partial charge is 0.480 e. The fraction of sp³-hybridized carbons (Fsp3) is 0.343. The van der Waals surface area contributed by atoms with Crippen LogP contribution >= 0.6 is 0 Å². The van der Waals surface area contributed by atoms with E-state index in [9.17, 15) is 43.8 Å². The molecule has 0 aliphatic rings. The Labute approximate surface area is 910 Å². The van der Waals surface area contributed by atoms with Crippen molar-refractivity contribution in [3.63, 3.8) is 0 Å². The lowest BCUT2D eigenvalue weighted by atomic mass is 9.99. The van der Waals surface area contributed by atoms with Crippen molar-refractivity contribution in [3.8, 4) is 0 Å². The quantitative estimate of drug-likeness (QED) is 0.0121. The van der Waals surface area contributed by atoms with Gasteiger partial charge in [0, 0.05) is 446 Å². The van der Waals surface area contributed by atoms with Gasteiger partial charge in [0.15, 0.2) is 29.8 Å². The van der Waals surface area contributed by atoms with Gasteiger partial charge in [0.1, 0.15) is 17.3 Å². The number of amides is 2. The van der Waals surface area contributed by atoms with E-state index in [0.29, 0.717) is 48.8 Å². The zero-order valence-electron chi connectivity index (χ0n) is 69.0. The van der Waals surface area contributed by atoms with Gasteiger partial charge >= 0.3 is 29.8 Å². The number of carboxylic acids is 1. The summed E-state index contributed by atoms with van der Waals surface area (Å²) >= 11 is 19.1. The van der Waals surface area contributed by atoms with Gasteiger partial charge in [-0.05, 0) is 122 Å². The number of aliphatic hydroxyl groups is 3. The molecule has 132 heavy (non-hydrogen) atoms. The van der Waals surface area contributed by atoms with Crippen LogP contribution < -0.4 is 10.6 Å². The molecule has 18 nitrogen and oxygen atoms in total. The number of rotatable bonds is 22. The van der Waals surface area contributed by atoms with Crippen molar-refractivity contribution in [1.82, 2.24) is 10.6 Å². The van der Waals surface area contributed by atoms with E-state index in [-0.39, 0.29) is 29.5 Å². The van der Waals surface area contributed by atoms with Crippen molar-refractivity contribution >= 4 is 474 Å². The Morgan fingerprint density at radius 1 is 0.364 bits per heavy atom. The molecular formula is C67H80N4O14S47. The van der Waals surface area contributed by atoms with Gasteiger partial charge in [-0.2, -0.15) is 4.79 Å². The minimum atomic E-state index is -1.36. The van der Waals surface area contributed by atoms with Crippen molar-refractivity contribution in [2.45, 2.75) is 136 Å². The number of esters is 1. The van der Waals surface area contributed by atoms with Crippen LogP contribution in [0.3, 0.4) is 0 Å². The first-order chi connectivity index (χ1) is 63.5. The number of alkyl carbamates (subject to hydrolysis) is 2. The SMILES string of the molecule is CC(C)(C)OC(=O)NC(CO)C(=O)O.Cc1ccc(C(=[N+]=[N-])C(=O)CCc2ccccc2)cc1.Cc1ccc(C(O)C(=O)CCc2ccccc2)cc1.Cc1ccc(C(OC(=O)C(CO)NC(=O)OC(C)(C)C)C(=O)CCc2ccccc2)cc1.S=S=S=S=S=S=S=S=S=S=S=S=S=S=S=S=S=S=S.S=S=S=S=S=S=S=S=S=S=S=S=S=S=S=S=S=S=S=S=S=S=S=S=S=S=S=S. The minimum Gasteiger partial charge on any atom is -0.480 e. The van der Waals surface area contributed by atoms with Crippen LogP contribution in [0.15, 0.2) is 164 Å². The molecule has 0 bridgehead atoms. The van der Waals surface area contributed by atoms with E-state index in [1.54, 1.807) is 335 Å². The smallest absolute Gasteiger partial charge is 0.408 e. The van der Waals surface area contributed by atoms with E-state index < -0.39 is 72.8 Å². The number of benzene rings is 6. The average Bonchev–Trinajstić information content (AvgIpc) is 0.645. The third-order valence-electron chi connectivity index (χ3n) is 13.3. The van der Waals surface area contributed by atoms with Crippen molar-refractivity contribution < 1.29 is 73.0 Å². The summed E-state index contributed by atoms with van der Waals surface area (Å²) in [6.07, 6.45) is -1.22. The number of carboxylic acid groups (broad SMARTS) is 1. The van der Waals surface area contributed by atoms with Crippen molar-refractivity contribution in [2.24, 2.45) is 0 Å². The summed E-state index contributed by atoms with van der Waals surface area (Å²) in [6.45, 7) is 14.5. The summed E-state index contributed by atoms with van der Waals surface area (Å²) in [7, 11) is 74.4. The lowest BCUT2D eigenvalue weighted by Gasteiger charge is -2.24. The van der Waals surface area contributed by atoms with Crippen LogP contribution in [0, 0.1) is 20.8 Å². The highest BCUT2D eigenvalue weighted by molar-refractivity contribution is 8.81.